The van der Waals surface area contributed by atoms with Gasteiger partial charge in [0, 0.05) is 30.9 Å². The summed E-state index contributed by atoms with van der Waals surface area (Å²) < 4.78 is 27.4. The van der Waals surface area contributed by atoms with E-state index in [9.17, 15) is 9.18 Å². The molecule has 0 saturated carbocycles. The van der Waals surface area contributed by atoms with Gasteiger partial charge in [-0.3, -0.25) is 9.69 Å². The van der Waals surface area contributed by atoms with Gasteiger partial charge in [-0.25, -0.2) is 9.07 Å². The number of nitrogens with zero attached hydrogens (tertiary/aromatic N) is 3. The summed E-state index contributed by atoms with van der Waals surface area (Å²) in [5, 5.41) is 7.60. The number of fused-ring (bicyclic) bond motifs is 1. The monoisotopic (exact) mass is 438 g/mol. The number of hydrogen-bond acceptors (Lipinski definition) is 5. The Morgan fingerprint density at radius 1 is 1.19 bits per heavy atom. The Morgan fingerprint density at radius 3 is 2.75 bits per heavy atom. The van der Waals surface area contributed by atoms with Crippen LogP contribution in [0.5, 0.6) is 0 Å². The van der Waals surface area contributed by atoms with Gasteiger partial charge >= 0.3 is 0 Å². The first-order chi connectivity index (χ1) is 15.6. The minimum atomic E-state index is -0.350. The molecule has 3 heterocycles. The molecule has 8 heteroatoms. The van der Waals surface area contributed by atoms with Gasteiger partial charge in [0.1, 0.15) is 23.0 Å². The zero-order valence-corrected chi connectivity index (χ0v) is 18.1. The van der Waals surface area contributed by atoms with E-state index < -0.39 is 0 Å². The van der Waals surface area contributed by atoms with Crippen LogP contribution in [0.4, 0.5) is 4.39 Å². The van der Waals surface area contributed by atoms with Gasteiger partial charge in [0.05, 0.1) is 19.3 Å². The van der Waals surface area contributed by atoms with Crippen LogP contribution < -0.4 is 5.32 Å². The third-order valence-corrected chi connectivity index (χ3v) is 6.26. The molecule has 1 amide bonds. The molecule has 5 rings (SSSR count). The number of aryl methyl sites for hydroxylation is 1. The van der Waals surface area contributed by atoms with E-state index in [1.165, 1.54) is 6.07 Å². The van der Waals surface area contributed by atoms with Crippen LogP contribution in [0.15, 0.2) is 40.8 Å². The summed E-state index contributed by atoms with van der Waals surface area (Å²) in [4.78, 5) is 15.5. The van der Waals surface area contributed by atoms with Gasteiger partial charge in [-0.1, -0.05) is 12.1 Å². The average Bonchev–Trinajstić information content (AvgIpc) is 3.52. The second kappa shape index (κ2) is 8.88. The predicted octanol–water partition coefficient (Wildman–Crippen LogP) is 3.20. The molecule has 2 aliphatic rings. The second-order valence-corrected chi connectivity index (χ2v) is 8.31. The van der Waals surface area contributed by atoms with Crippen LogP contribution in [-0.4, -0.2) is 53.4 Å². The number of hydrogen-bond donors (Lipinski definition) is 1. The molecule has 0 spiro atoms. The fourth-order valence-corrected chi connectivity index (χ4v) is 4.65. The van der Waals surface area contributed by atoms with Crippen molar-refractivity contribution < 1.29 is 18.3 Å². The lowest BCUT2D eigenvalue weighted by Gasteiger charge is -2.33. The van der Waals surface area contributed by atoms with Crippen molar-refractivity contribution in [3.63, 3.8) is 0 Å². The third kappa shape index (κ3) is 3.96. The molecule has 32 heavy (non-hydrogen) atoms. The Hall–Kier alpha value is -2.97. The summed E-state index contributed by atoms with van der Waals surface area (Å²) in [6.07, 6.45) is 2.49. The molecule has 0 bridgehead atoms. The first-order valence-electron chi connectivity index (χ1n) is 11.1. The van der Waals surface area contributed by atoms with E-state index in [0.29, 0.717) is 31.1 Å². The summed E-state index contributed by atoms with van der Waals surface area (Å²) >= 11 is 0. The second-order valence-electron chi connectivity index (χ2n) is 8.31. The topological polar surface area (TPSA) is 72.5 Å². The minimum Gasteiger partial charge on any atom is -0.465 e. The van der Waals surface area contributed by atoms with Crippen LogP contribution in [0.1, 0.15) is 45.7 Å². The molecule has 7 nitrogen and oxygen atoms in total. The molecule has 1 fully saturated rings. The molecule has 1 aliphatic heterocycles. The minimum absolute atomic E-state index is 0.0850. The quantitative estimate of drug-likeness (QED) is 0.640. The standard InChI is InChI=1S/C24H27FN4O3/c1-16-9-10-22(32-16)21(28-11-13-31-14-12-28)15-26-24(30)23-17-5-4-8-19(17)29(27-23)20-7-3-2-6-18(20)25/h2-3,6-7,9-10,21H,4-5,8,11-15H2,1H3,(H,26,30). The molecule has 1 aromatic carbocycles. The molecule has 1 aliphatic carbocycles. The number of benzene rings is 1. The lowest BCUT2D eigenvalue weighted by Crippen LogP contribution is -2.43. The summed E-state index contributed by atoms with van der Waals surface area (Å²) in [5.41, 5.74) is 2.60. The smallest absolute Gasteiger partial charge is 0.272 e. The van der Waals surface area contributed by atoms with Gasteiger partial charge in [-0.15, -0.1) is 0 Å². The maximum atomic E-state index is 14.4. The predicted molar refractivity (Wildman–Crippen MR) is 116 cm³/mol. The van der Waals surface area contributed by atoms with Crippen molar-refractivity contribution >= 4 is 5.91 Å². The van der Waals surface area contributed by atoms with E-state index >= 15 is 0 Å². The number of halogens is 1. The Bertz CT molecular complexity index is 1120. The summed E-state index contributed by atoms with van der Waals surface area (Å²) in [7, 11) is 0. The van der Waals surface area contributed by atoms with Crippen molar-refractivity contribution in [3.05, 3.63) is 70.7 Å². The molecule has 168 valence electrons. The maximum absolute atomic E-state index is 14.4. The molecule has 1 atom stereocenters. The fourth-order valence-electron chi connectivity index (χ4n) is 4.65. The largest absolute Gasteiger partial charge is 0.465 e. The number of furan rings is 1. The number of ether oxygens (including phenoxy) is 1. The Labute approximate surface area is 186 Å². The molecule has 3 aromatic rings. The number of carbonyl (C=O) groups excluding carboxylic acids is 1. The fraction of sp³-hybridized carbons (Fsp3) is 0.417. The van der Waals surface area contributed by atoms with Crippen molar-refractivity contribution in [2.45, 2.75) is 32.2 Å². The Kier molecular flexibility index (Phi) is 5.80. The molecular weight excluding hydrogens is 411 g/mol. The lowest BCUT2D eigenvalue weighted by molar-refractivity contribution is 0.0116. The van der Waals surface area contributed by atoms with E-state index in [1.54, 1.807) is 22.9 Å². The van der Waals surface area contributed by atoms with E-state index in [4.69, 9.17) is 9.15 Å². The molecular formula is C24H27FN4O3. The van der Waals surface area contributed by atoms with Gasteiger partial charge < -0.3 is 14.5 Å². The molecule has 1 saturated heterocycles. The SMILES string of the molecule is Cc1ccc(C(CNC(=O)c2nn(-c3ccccc3F)c3c2CCC3)N2CCOCC2)o1. The van der Waals surface area contributed by atoms with Crippen LogP contribution in [-0.2, 0) is 17.6 Å². The van der Waals surface area contributed by atoms with Crippen LogP contribution in [0, 0.1) is 12.7 Å². The van der Waals surface area contributed by atoms with Crippen LogP contribution >= 0.6 is 0 Å². The number of amides is 1. The summed E-state index contributed by atoms with van der Waals surface area (Å²) in [6.45, 7) is 5.18. The highest BCUT2D eigenvalue weighted by Gasteiger charge is 2.30. The maximum Gasteiger partial charge on any atom is 0.272 e. The number of morpholine rings is 1. The van der Waals surface area contributed by atoms with Crippen molar-refractivity contribution in [1.82, 2.24) is 20.0 Å². The highest BCUT2D eigenvalue weighted by Crippen LogP contribution is 2.29. The van der Waals surface area contributed by atoms with Crippen LogP contribution in [0.25, 0.3) is 5.69 Å². The van der Waals surface area contributed by atoms with E-state index in [1.807, 2.05) is 19.1 Å². The zero-order valence-electron chi connectivity index (χ0n) is 18.1. The van der Waals surface area contributed by atoms with Crippen molar-refractivity contribution in [3.8, 4) is 5.69 Å². The number of aromatic nitrogens is 2. The van der Waals surface area contributed by atoms with Gasteiger partial charge in [-0.05, 0) is 50.5 Å². The first kappa shape index (κ1) is 20.9. The van der Waals surface area contributed by atoms with E-state index in [-0.39, 0.29) is 17.8 Å². The van der Waals surface area contributed by atoms with Gasteiger partial charge in [0.15, 0.2) is 5.69 Å². The highest BCUT2D eigenvalue weighted by atomic mass is 19.1. The van der Waals surface area contributed by atoms with Gasteiger partial charge in [0.25, 0.3) is 5.91 Å². The molecule has 0 radical (unpaired) electrons. The van der Waals surface area contributed by atoms with Crippen molar-refractivity contribution in [2.75, 3.05) is 32.8 Å². The Morgan fingerprint density at radius 2 is 2.00 bits per heavy atom. The number of rotatable bonds is 6. The Balaban J connectivity index is 1.38. The van der Waals surface area contributed by atoms with Gasteiger partial charge in [0.2, 0.25) is 0 Å². The van der Waals surface area contributed by atoms with Gasteiger partial charge in [-0.2, -0.15) is 5.10 Å². The summed E-state index contributed by atoms with van der Waals surface area (Å²) in [5.74, 6) is 1.08. The number of carbonyl (C=O) groups is 1. The average molecular weight is 439 g/mol. The van der Waals surface area contributed by atoms with Crippen molar-refractivity contribution in [1.29, 1.82) is 0 Å². The zero-order chi connectivity index (χ0) is 22.1. The van der Waals surface area contributed by atoms with Crippen LogP contribution in [0.3, 0.4) is 0 Å². The molecule has 1 N–H and O–H groups in total. The summed E-state index contributed by atoms with van der Waals surface area (Å²) in [6, 6.07) is 10.3. The third-order valence-electron chi connectivity index (χ3n) is 6.26. The lowest BCUT2D eigenvalue weighted by atomic mass is 10.1. The van der Waals surface area contributed by atoms with Crippen LogP contribution in [0.2, 0.25) is 0 Å². The molecule has 2 aromatic heterocycles. The highest BCUT2D eigenvalue weighted by molar-refractivity contribution is 5.94. The van der Waals surface area contributed by atoms with E-state index in [2.05, 4.69) is 15.3 Å². The number of nitrogens with one attached hydrogen (secondary N) is 1. The molecule has 1 unspecified atom stereocenters. The van der Waals surface area contributed by atoms with Crippen molar-refractivity contribution in [2.24, 2.45) is 0 Å². The normalized spacial score (nSPS) is 17.3. The first-order valence-corrected chi connectivity index (χ1v) is 11.1. The van der Waals surface area contributed by atoms with E-state index in [0.717, 1.165) is 55.1 Å². The number of para-hydroxylation sites is 1.